The van der Waals surface area contributed by atoms with Gasteiger partial charge in [-0.05, 0) is 13.3 Å². The van der Waals surface area contributed by atoms with Gasteiger partial charge in [-0.1, -0.05) is 0 Å². The number of aliphatic carboxylic acids is 1. The summed E-state index contributed by atoms with van der Waals surface area (Å²) in [6.45, 7) is 1.82. The Morgan fingerprint density at radius 3 is 2.93 bits per heavy atom. The summed E-state index contributed by atoms with van der Waals surface area (Å²) in [6.07, 6.45) is 0.955. The molecule has 2 aliphatic rings. The highest BCUT2D eigenvalue weighted by molar-refractivity contribution is 8.04. The molecule has 0 spiro atoms. The Balaban J connectivity index is 2.27. The van der Waals surface area contributed by atoms with Gasteiger partial charge in [-0.15, -0.1) is 11.8 Å². The minimum absolute atomic E-state index is 0.00245. The van der Waals surface area contributed by atoms with E-state index in [1.165, 1.54) is 16.7 Å². The molecule has 3 N–H and O–H groups in total. The van der Waals surface area contributed by atoms with Gasteiger partial charge in [0.1, 0.15) is 5.70 Å². The Labute approximate surface area is 91.3 Å². The lowest BCUT2D eigenvalue weighted by atomic mass is 10.1. The summed E-state index contributed by atoms with van der Waals surface area (Å²) in [7, 11) is 0. The lowest BCUT2D eigenvalue weighted by Crippen LogP contribution is -2.48. The summed E-state index contributed by atoms with van der Waals surface area (Å²) >= 11 is 1.45. The van der Waals surface area contributed by atoms with E-state index in [9.17, 15) is 9.59 Å². The Kier molecular flexibility index (Phi) is 2.47. The number of carbonyl (C=O) groups excluding carboxylic acids is 1. The molecule has 1 amide bonds. The fourth-order valence-electron chi connectivity index (χ4n) is 1.76. The number of hydrogen-bond acceptors (Lipinski definition) is 4. The molecule has 1 fully saturated rings. The SMILES string of the molecule is CC(N)CC1=C(C(=O)O)N2C(=O)C[C@H]2S1. The maximum Gasteiger partial charge on any atom is 0.353 e. The van der Waals surface area contributed by atoms with E-state index in [2.05, 4.69) is 0 Å². The van der Waals surface area contributed by atoms with Crippen molar-refractivity contribution in [2.45, 2.75) is 31.2 Å². The second-order valence-electron chi connectivity index (χ2n) is 3.80. The van der Waals surface area contributed by atoms with Crippen LogP contribution in [0, 0.1) is 0 Å². The molecule has 2 atom stereocenters. The zero-order valence-corrected chi connectivity index (χ0v) is 9.08. The van der Waals surface area contributed by atoms with Crippen LogP contribution in [0.25, 0.3) is 0 Å². The molecule has 0 aromatic heterocycles. The van der Waals surface area contributed by atoms with E-state index in [4.69, 9.17) is 10.8 Å². The fraction of sp³-hybridized carbons (Fsp3) is 0.556. The Morgan fingerprint density at radius 2 is 2.47 bits per heavy atom. The molecule has 2 heterocycles. The maximum absolute atomic E-state index is 11.2. The van der Waals surface area contributed by atoms with Crippen LogP contribution in [0.2, 0.25) is 0 Å². The second-order valence-corrected chi connectivity index (χ2v) is 5.07. The third kappa shape index (κ3) is 1.63. The van der Waals surface area contributed by atoms with Gasteiger partial charge in [-0.25, -0.2) is 4.79 Å². The molecule has 0 aromatic carbocycles. The zero-order valence-electron chi connectivity index (χ0n) is 8.27. The first-order valence-electron chi connectivity index (χ1n) is 4.71. The third-order valence-corrected chi connectivity index (χ3v) is 3.69. The van der Waals surface area contributed by atoms with Crippen molar-refractivity contribution in [3.8, 4) is 0 Å². The van der Waals surface area contributed by atoms with E-state index in [0.29, 0.717) is 12.8 Å². The van der Waals surface area contributed by atoms with Crippen LogP contribution in [0.15, 0.2) is 10.6 Å². The molecular formula is C9H12N2O3S. The van der Waals surface area contributed by atoms with Crippen molar-refractivity contribution in [3.63, 3.8) is 0 Å². The van der Waals surface area contributed by atoms with E-state index >= 15 is 0 Å². The lowest BCUT2D eigenvalue weighted by Gasteiger charge is -2.33. The van der Waals surface area contributed by atoms with Gasteiger partial charge in [0.25, 0.3) is 0 Å². The van der Waals surface area contributed by atoms with Crippen LogP contribution in [0.3, 0.4) is 0 Å². The smallest absolute Gasteiger partial charge is 0.353 e. The molecular weight excluding hydrogens is 216 g/mol. The maximum atomic E-state index is 11.2. The van der Waals surface area contributed by atoms with Gasteiger partial charge in [0.15, 0.2) is 0 Å². The van der Waals surface area contributed by atoms with E-state index in [1.807, 2.05) is 6.92 Å². The molecule has 1 saturated heterocycles. The summed E-state index contributed by atoms with van der Waals surface area (Å²) in [4.78, 5) is 24.4. The number of nitrogens with zero attached hydrogens (tertiary/aromatic N) is 1. The molecule has 5 nitrogen and oxygen atoms in total. The highest BCUT2D eigenvalue weighted by Gasteiger charge is 2.48. The van der Waals surface area contributed by atoms with Gasteiger partial charge in [0.05, 0.1) is 11.8 Å². The summed E-state index contributed by atoms with van der Waals surface area (Å²) in [5.41, 5.74) is 5.77. The minimum Gasteiger partial charge on any atom is -0.477 e. The molecule has 0 aromatic rings. The van der Waals surface area contributed by atoms with Crippen molar-refractivity contribution >= 4 is 23.6 Å². The number of hydrogen-bond donors (Lipinski definition) is 2. The molecule has 0 saturated carbocycles. The topological polar surface area (TPSA) is 83.6 Å². The summed E-state index contributed by atoms with van der Waals surface area (Å²) < 4.78 is 0. The molecule has 1 unspecified atom stereocenters. The first-order valence-corrected chi connectivity index (χ1v) is 5.59. The van der Waals surface area contributed by atoms with Crippen molar-refractivity contribution in [1.82, 2.24) is 4.90 Å². The predicted octanol–water partition coefficient (Wildman–Crippen LogP) is 0.325. The van der Waals surface area contributed by atoms with Gasteiger partial charge in [0, 0.05) is 10.9 Å². The molecule has 0 radical (unpaired) electrons. The number of β-lactam (4-membered cyclic amide) rings is 1. The molecule has 6 heteroatoms. The van der Waals surface area contributed by atoms with Crippen molar-refractivity contribution in [2.24, 2.45) is 5.73 Å². The second kappa shape index (κ2) is 3.53. The number of rotatable bonds is 3. The normalized spacial score (nSPS) is 26.4. The molecule has 15 heavy (non-hydrogen) atoms. The average molecular weight is 228 g/mol. The van der Waals surface area contributed by atoms with Crippen LogP contribution >= 0.6 is 11.8 Å². The summed E-state index contributed by atoms with van der Waals surface area (Å²) in [5.74, 6) is -1.14. The van der Waals surface area contributed by atoms with Crippen molar-refractivity contribution in [3.05, 3.63) is 10.6 Å². The van der Waals surface area contributed by atoms with Gasteiger partial charge >= 0.3 is 5.97 Å². The standard InChI is InChI=1S/C9H12N2O3S/c1-4(10)2-5-8(9(13)14)11-6(12)3-7(11)15-5/h4,7H,2-3,10H2,1H3,(H,13,14)/t4?,7-/m1/s1. The average Bonchev–Trinajstić information content (AvgIpc) is 2.37. The minimum atomic E-state index is -1.03. The number of carboxylic acid groups (broad SMARTS) is 1. The van der Waals surface area contributed by atoms with E-state index in [1.54, 1.807) is 0 Å². The molecule has 2 rings (SSSR count). The largest absolute Gasteiger partial charge is 0.477 e. The van der Waals surface area contributed by atoms with Crippen LogP contribution in [0.5, 0.6) is 0 Å². The van der Waals surface area contributed by atoms with Crippen molar-refractivity contribution in [2.75, 3.05) is 0 Å². The number of fused-ring (bicyclic) bond motifs is 1. The quantitative estimate of drug-likeness (QED) is 0.680. The van der Waals surface area contributed by atoms with Crippen LogP contribution in [0.1, 0.15) is 19.8 Å². The molecule has 82 valence electrons. The Hall–Kier alpha value is -1.01. The third-order valence-electron chi connectivity index (χ3n) is 2.40. The van der Waals surface area contributed by atoms with Crippen LogP contribution in [-0.4, -0.2) is 33.3 Å². The van der Waals surface area contributed by atoms with E-state index in [-0.39, 0.29) is 23.0 Å². The van der Waals surface area contributed by atoms with Crippen LogP contribution in [-0.2, 0) is 9.59 Å². The number of nitrogens with two attached hydrogens (primary N) is 1. The fourth-order valence-corrected chi connectivity index (χ4v) is 3.30. The molecule has 0 bridgehead atoms. The van der Waals surface area contributed by atoms with E-state index < -0.39 is 5.97 Å². The zero-order chi connectivity index (χ0) is 11.2. The van der Waals surface area contributed by atoms with Crippen molar-refractivity contribution < 1.29 is 14.7 Å². The van der Waals surface area contributed by atoms with Crippen molar-refractivity contribution in [1.29, 1.82) is 0 Å². The summed E-state index contributed by atoms with van der Waals surface area (Å²) in [6, 6.07) is -0.0874. The predicted molar refractivity (Wildman–Crippen MR) is 55.8 cm³/mol. The molecule has 2 aliphatic heterocycles. The van der Waals surface area contributed by atoms with Gasteiger partial charge in [-0.2, -0.15) is 0 Å². The molecule has 0 aliphatic carbocycles. The first kappa shape index (κ1) is 10.5. The number of carbonyl (C=O) groups is 2. The van der Waals surface area contributed by atoms with Gasteiger partial charge in [-0.3, -0.25) is 9.69 Å². The number of carboxylic acids is 1. The number of amides is 1. The van der Waals surface area contributed by atoms with E-state index in [0.717, 1.165) is 4.91 Å². The van der Waals surface area contributed by atoms with Crippen LogP contribution in [0.4, 0.5) is 0 Å². The first-order chi connectivity index (χ1) is 7.00. The van der Waals surface area contributed by atoms with Gasteiger partial charge < -0.3 is 10.8 Å². The Bertz CT molecular complexity index is 364. The Morgan fingerprint density at radius 1 is 1.80 bits per heavy atom. The summed E-state index contributed by atoms with van der Waals surface area (Å²) in [5, 5.41) is 9.03. The highest BCUT2D eigenvalue weighted by atomic mass is 32.2. The lowest BCUT2D eigenvalue weighted by molar-refractivity contribution is -0.145. The monoisotopic (exact) mass is 228 g/mol. The van der Waals surface area contributed by atoms with Crippen LogP contribution < -0.4 is 5.73 Å². The number of thioether (sulfide) groups is 1. The van der Waals surface area contributed by atoms with Gasteiger partial charge in [0.2, 0.25) is 5.91 Å². The highest BCUT2D eigenvalue weighted by Crippen LogP contribution is 2.47.